The number of aromatic nitrogens is 2. The van der Waals surface area contributed by atoms with E-state index < -0.39 is 0 Å². The van der Waals surface area contributed by atoms with Gasteiger partial charge in [-0.2, -0.15) is 5.10 Å². The number of carbonyl (C=O) groups excluding carboxylic acids is 1. The van der Waals surface area contributed by atoms with Gasteiger partial charge in [-0.3, -0.25) is 14.5 Å². The van der Waals surface area contributed by atoms with Gasteiger partial charge in [-0.25, -0.2) is 0 Å². The topological polar surface area (TPSA) is 111 Å². The van der Waals surface area contributed by atoms with Crippen molar-refractivity contribution >= 4 is 34.4 Å². The van der Waals surface area contributed by atoms with Crippen LogP contribution in [0, 0.1) is 0 Å². The molecule has 0 saturated carbocycles. The van der Waals surface area contributed by atoms with Gasteiger partial charge in [0.15, 0.2) is 11.7 Å². The molecule has 0 atom stereocenters. The van der Waals surface area contributed by atoms with Gasteiger partial charge in [-0.15, -0.1) is 0 Å². The lowest BCUT2D eigenvalue weighted by Gasteiger charge is -2.04. The molecular formula is C20H23ClN6O. The molecule has 0 bridgehead atoms. The van der Waals surface area contributed by atoms with E-state index in [0.717, 1.165) is 29.3 Å². The summed E-state index contributed by atoms with van der Waals surface area (Å²) < 4.78 is 1.84. The summed E-state index contributed by atoms with van der Waals surface area (Å²) in [6.45, 7) is 1.65. The molecule has 3 rings (SSSR count). The number of fused-ring (bicyclic) bond motifs is 1. The van der Waals surface area contributed by atoms with E-state index in [1.807, 2.05) is 53.2 Å². The quantitative estimate of drug-likeness (QED) is 0.307. The van der Waals surface area contributed by atoms with Crippen LogP contribution in [0.4, 0.5) is 0 Å². The van der Waals surface area contributed by atoms with Crippen LogP contribution in [0.25, 0.3) is 10.9 Å². The second kappa shape index (κ2) is 9.23. The van der Waals surface area contributed by atoms with Gasteiger partial charge in [0.25, 0.3) is 5.91 Å². The maximum absolute atomic E-state index is 12.6. The fraction of sp³-hybridized carbons (Fsp3) is 0.250. The fourth-order valence-corrected chi connectivity index (χ4v) is 3.04. The number of para-hydroxylation sites is 1. The van der Waals surface area contributed by atoms with Crippen LogP contribution in [0.5, 0.6) is 0 Å². The Kier molecular flexibility index (Phi) is 6.49. The lowest BCUT2D eigenvalue weighted by atomic mass is 10.2. The van der Waals surface area contributed by atoms with Crippen LogP contribution in [0.15, 0.2) is 53.5 Å². The van der Waals surface area contributed by atoms with Crippen molar-refractivity contribution in [2.75, 3.05) is 13.1 Å². The number of carbonyl (C=O) groups is 1. The molecule has 1 heterocycles. The van der Waals surface area contributed by atoms with Crippen LogP contribution in [-0.2, 0) is 6.54 Å². The van der Waals surface area contributed by atoms with Crippen LogP contribution >= 0.6 is 11.6 Å². The van der Waals surface area contributed by atoms with Gasteiger partial charge in [-0.1, -0.05) is 41.9 Å². The zero-order chi connectivity index (χ0) is 19.9. The number of benzene rings is 2. The maximum atomic E-state index is 12.6. The number of hydrogen-bond acceptors (Lipinski definition) is 3. The van der Waals surface area contributed by atoms with Gasteiger partial charge in [0, 0.05) is 23.5 Å². The number of nitrogens with zero attached hydrogens (tertiary/aromatic N) is 3. The van der Waals surface area contributed by atoms with Crippen molar-refractivity contribution in [1.82, 2.24) is 15.1 Å². The van der Waals surface area contributed by atoms with Gasteiger partial charge in [-0.05, 0) is 36.6 Å². The molecule has 1 aromatic heterocycles. The van der Waals surface area contributed by atoms with Crippen LogP contribution < -0.4 is 16.8 Å². The molecule has 28 heavy (non-hydrogen) atoms. The highest BCUT2D eigenvalue weighted by molar-refractivity contribution is 6.30. The number of nitrogens with one attached hydrogen (secondary N) is 1. The zero-order valence-corrected chi connectivity index (χ0v) is 16.2. The molecule has 146 valence electrons. The molecule has 0 saturated heterocycles. The minimum absolute atomic E-state index is 0.0849. The first-order chi connectivity index (χ1) is 13.5. The van der Waals surface area contributed by atoms with E-state index in [1.54, 1.807) is 0 Å². The molecule has 0 aliphatic rings. The van der Waals surface area contributed by atoms with Gasteiger partial charge in [0.1, 0.15) is 0 Å². The largest absolute Gasteiger partial charge is 0.370 e. The number of halogens is 1. The minimum atomic E-state index is -0.187. The average Bonchev–Trinajstić information content (AvgIpc) is 3.05. The zero-order valence-electron chi connectivity index (χ0n) is 15.4. The highest BCUT2D eigenvalue weighted by Crippen LogP contribution is 2.20. The summed E-state index contributed by atoms with van der Waals surface area (Å²) >= 11 is 5.96. The summed E-state index contributed by atoms with van der Waals surface area (Å²) in [5.74, 6) is -0.102. The van der Waals surface area contributed by atoms with Crippen molar-refractivity contribution in [3.8, 4) is 0 Å². The summed E-state index contributed by atoms with van der Waals surface area (Å²) in [5, 5.41) is 9.00. The van der Waals surface area contributed by atoms with Crippen molar-refractivity contribution in [1.29, 1.82) is 0 Å². The molecule has 7 nitrogen and oxygen atoms in total. The summed E-state index contributed by atoms with van der Waals surface area (Å²) in [7, 11) is 0. The second-order valence-electron chi connectivity index (χ2n) is 6.42. The van der Waals surface area contributed by atoms with Gasteiger partial charge >= 0.3 is 0 Å². The van der Waals surface area contributed by atoms with E-state index in [1.165, 1.54) is 0 Å². The standard InChI is InChI=1S/C20H23ClN6O/c21-15-9-7-14(8-10-15)13-27-17-6-2-1-5-16(17)18(26-27)19(28)24-11-3-4-12-25-20(22)23/h1-2,5-10H,3-4,11-13H2,(H,24,28)(H4,22,23,25). The molecule has 8 heteroatoms. The Bertz CT molecular complexity index is 976. The number of hydrogen-bond donors (Lipinski definition) is 3. The third-order valence-electron chi connectivity index (χ3n) is 4.28. The van der Waals surface area contributed by atoms with Crippen LogP contribution in [0.1, 0.15) is 28.9 Å². The molecule has 1 amide bonds. The predicted molar refractivity (Wildman–Crippen MR) is 113 cm³/mol. The number of unbranched alkanes of at least 4 members (excludes halogenated alkanes) is 1. The fourth-order valence-electron chi connectivity index (χ4n) is 2.91. The molecule has 0 fully saturated rings. The predicted octanol–water partition coefficient (Wildman–Crippen LogP) is 2.52. The third kappa shape index (κ3) is 5.01. The second-order valence-corrected chi connectivity index (χ2v) is 6.86. The Labute approximate surface area is 168 Å². The van der Waals surface area contributed by atoms with Crippen molar-refractivity contribution < 1.29 is 4.79 Å². The van der Waals surface area contributed by atoms with Crippen LogP contribution in [-0.4, -0.2) is 34.7 Å². The Morgan fingerprint density at radius 3 is 2.61 bits per heavy atom. The molecule has 0 aliphatic heterocycles. The van der Waals surface area contributed by atoms with Gasteiger partial charge in [0.2, 0.25) is 0 Å². The monoisotopic (exact) mass is 398 g/mol. The Balaban J connectivity index is 1.70. The number of nitrogens with two attached hydrogens (primary N) is 2. The van der Waals surface area contributed by atoms with Gasteiger partial charge in [0.05, 0.1) is 12.1 Å². The van der Waals surface area contributed by atoms with E-state index in [-0.39, 0.29) is 11.9 Å². The number of rotatable bonds is 8. The molecule has 0 radical (unpaired) electrons. The molecule has 0 aliphatic carbocycles. The Morgan fingerprint density at radius 2 is 1.86 bits per heavy atom. The first-order valence-corrected chi connectivity index (χ1v) is 9.46. The number of guanidine groups is 1. The van der Waals surface area contributed by atoms with E-state index >= 15 is 0 Å². The molecule has 3 aromatic rings. The highest BCUT2D eigenvalue weighted by atomic mass is 35.5. The van der Waals surface area contributed by atoms with Crippen molar-refractivity contribution in [2.45, 2.75) is 19.4 Å². The number of amides is 1. The summed E-state index contributed by atoms with van der Waals surface area (Å²) in [4.78, 5) is 16.6. The van der Waals surface area contributed by atoms with Crippen LogP contribution in [0.2, 0.25) is 5.02 Å². The average molecular weight is 399 g/mol. The summed E-state index contributed by atoms with van der Waals surface area (Å²) in [6, 6.07) is 15.3. The third-order valence-corrected chi connectivity index (χ3v) is 4.54. The lowest BCUT2D eigenvalue weighted by Crippen LogP contribution is -2.26. The SMILES string of the molecule is NC(N)=NCCCCNC(=O)c1nn(Cc2ccc(Cl)cc2)c2ccccc12. The highest BCUT2D eigenvalue weighted by Gasteiger charge is 2.16. The normalized spacial score (nSPS) is 10.8. The minimum Gasteiger partial charge on any atom is -0.370 e. The molecule has 0 unspecified atom stereocenters. The Morgan fingerprint density at radius 1 is 1.11 bits per heavy atom. The smallest absolute Gasteiger partial charge is 0.272 e. The molecule has 5 N–H and O–H groups in total. The first-order valence-electron chi connectivity index (χ1n) is 9.08. The summed E-state index contributed by atoms with van der Waals surface area (Å²) in [5.41, 5.74) is 13.0. The number of aliphatic imine (C=N–C) groups is 1. The van der Waals surface area contributed by atoms with Crippen LogP contribution in [0.3, 0.4) is 0 Å². The lowest BCUT2D eigenvalue weighted by molar-refractivity contribution is 0.0949. The van der Waals surface area contributed by atoms with E-state index in [9.17, 15) is 4.79 Å². The molecule has 0 spiro atoms. The maximum Gasteiger partial charge on any atom is 0.272 e. The molecule has 2 aromatic carbocycles. The van der Waals surface area contributed by atoms with Gasteiger partial charge < -0.3 is 16.8 Å². The van der Waals surface area contributed by atoms with Crippen molar-refractivity contribution in [3.63, 3.8) is 0 Å². The first kappa shape index (κ1) is 19.7. The molecular weight excluding hydrogens is 376 g/mol. The van der Waals surface area contributed by atoms with E-state index in [4.69, 9.17) is 23.1 Å². The van der Waals surface area contributed by atoms with Crippen molar-refractivity contribution in [3.05, 3.63) is 64.8 Å². The van der Waals surface area contributed by atoms with Crippen molar-refractivity contribution in [2.24, 2.45) is 16.5 Å². The summed E-state index contributed by atoms with van der Waals surface area (Å²) in [6.07, 6.45) is 1.58. The Hall–Kier alpha value is -3.06. The van der Waals surface area contributed by atoms with E-state index in [2.05, 4.69) is 15.4 Å². The van der Waals surface area contributed by atoms with E-state index in [0.29, 0.717) is 30.4 Å².